The summed E-state index contributed by atoms with van der Waals surface area (Å²) in [6, 6.07) is 30.0. The summed E-state index contributed by atoms with van der Waals surface area (Å²) in [4.78, 5) is 27.0. The molecule has 0 spiro atoms. The second-order valence-corrected chi connectivity index (χ2v) is 17.0. The zero-order valence-electron chi connectivity index (χ0n) is 38.3. The van der Waals surface area contributed by atoms with Gasteiger partial charge in [0.1, 0.15) is 5.60 Å². The zero-order chi connectivity index (χ0) is 43.5. The number of unbranched alkanes of at least 4 members (excludes halogenated alkanes) is 20. The largest absolute Gasteiger partial charge is 0.457 e. The normalized spacial score (nSPS) is 12.9. The third kappa shape index (κ3) is 21.2. The second-order valence-electron chi connectivity index (χ2n) is 17.0. The number of benzene rings is 3. The van der Waals surface area contributed by atoms with E-state index >= 15 is 0 Å². The predicted molar refractivity (Wildman–Crippen MR) is 256 cm³/mol. The number of allylic oxidation sites excluding steroid dienone is 4. The topological polar surface area (TPSA) is 72.8 Å². The first-order valence-corrected chi connectivity index (χ1v) is 24.5. The number of aliphatic hydroxyl groups is 1. The number of ketones is 1. The first kappa shape index (κ1) is 51.5. The third-order valence-corrected chi connectivity index (χ3v) is 11.8. The van der Waals surface area contributed by atoms with Gasteiger partial charge in [-0.15, -0.1) is 0 Å². The van der Waals surface area contributed by atoms with E-state index in [0.717, 1.165) is 68.1 Å². The minimum atomic E-state index is -1.48. The molecule has 0 heterocycles. The predicted octanol–water partition coefficient (Wildman–Crippen LogP) is 15.1. The van der Waals surface area contributed by atoms with E-state index in [1.54, 1.807) is 0 Å². The Kier molecular flexibility index (Phi) is 28.5. The Labute approximate surface area is 371 Å². The van der Waals surface area contributed by atoms with Crippen molar-refractivity contribution >= 4 is 11.8 Å². The van der Waals surface area contributed by atoms with Crippen LogP contribution in [0.2, 0.25) is 0 Å². The van der Waals surface area contributed by atoms with Crippen molar-refractivity contribution in [2.24, 2.45) is 0 Å². The van der Waals surface area contributed by atoms with Crippen LogP contribution in [0.5, 0.6) is 0 Å². The van der Waals surface area contributed by atoms with Crippen molar-refractivity contribution in [3.8, 4) is 0 Å². The van der Waals surface area contributed by atoms with Crippen molar-refractivity contribution in [2.45, 2.75) is 199 Å². The Bertz CT molecular complexity index is 1470. The molecule has 5 heteroatoms. The van der Waals surface area contributed by atoms with Gasteiger partial charge in [-0.3, -0.25) is 9.59 Å². The van der Waals surface area contributed by atoms with Gasteiger partial charge in [0.25, 0.3) is 0 Å². The lowest BCUT2D eigenvalue weighted by Gasteiger charge is -2.37. The average Bonchev–Trinajstić information content (AvgIpc) is 3.29. The molecule has 0 aliphatic carbocycles. The summed E-state index contributed by atoms with van der Waals surface area (Å²) >= 11 is 0. The number of rotatable bonds is 37. The number of carbonyl (C=O) groups is 2. The van der Waals surface area contributed by atoms with Gasteiger partial charge in [0.05, 0.1) is 6.61 Å². The van der Waals surface area contributed by atoms with E-state index in [4.69, 9.17) is 9.47 Å². The maximum atomic E-state index is 13.6. The molecular formula is C56H82O5. The van der Waals surface area contributed by atoms with Gasteiger partial charge in [0.15, 0.2) is 18.0 Å². The van der Waals surface area contributed by atoms with Crippen LogP contribution in [-0.2, 0) is 24.7 Å². The molecule has 0 aromatic heterocycles. The van der Waals surface area contributed by atoms with Crippen molar-refractivity contribution in [3.05, 3.63) is 132 Å². The van der Waals surface area contributed by atoms with Crippen LogP contribution in [0.4, 0.5) is 0 Å². The number of hydrogen-bond donors (Lipinski definition) is 1. The molecule has 0 aliphatic heterocycles. The SMILES string of the molecule is CCCCC/C=C\C/C=C\CCCCCCCC(=O)O[C@H](COC(c1ccccc1)(c1ccccc1)c1ccccc1)C(O)C(=O)CCCCCCCCCCCCCCC. The smallest absolute Gasteiger partial charge is 0.306 e. The number of aliphatic hydroxyl groups excluding tert-OH is 1. The highest BCUT2D eigenvalue weighted by Crippen LogP contribution is 2.40. The summed E-state index contributed by atoms with van der Waals surface area (Å²) in [5.74, 6) is -0.705. The highest BCUT2D eigenvalue weighted by molar-refractivity contribution is 5.84. The van der Waals surface area contributed by atoms with E-state index in [-0.39, 0.29) is 25.2 Å². The molecule has 3 rings (SSSR count). The van der Waals surface area contributed by atoms with Crippen molar-refractivity contribution in [2.75, 3.05) is 6.61 Å². The lowest BCUT2D eigenvalue weighted by Crippen LogP contribution is -2.44. The molecule has 0 bridgehead atoms. The Morgan fingerprint density at radius 3 is 1.34 bits per heavy atom. The van der Waals surface area contributed by atoms with Crippen LogP contribution in [0.3, 0.4) is 0 Å². The van der Waals surface area contributed by atoms with E-state index in [9.17, 15) is 14.7 Å². The minimum absolute atomic E-state index is 0.155. The van der Waals surface area contributed by atoms with Crippen LogP contribution in [0.1, 0.15) is 197 Å². The summed E-state index contributed by atoms with van der Waals surface area (Å²) in [6.07, 6.45) is 34.9. The van der Waals surface area contributed by atoms with E-state index in [1.807, 2.05) is 91.0 Å². The number of esters is 1. The maximum Gasteiger partial charge on any atom is 0.306 e. The number of Topliss-reactive ketones (excluding diaryl/α,β-unsaturated/α-hetero) is 1. The lowest BCUT2D eigenvalue weighted by molar-refractivity contribution is -0.167. The molecule has 1 N–H and O–H groups in total. The lowest BCUT2D eigenvalue weighted by atomic mass is 9.80. The summed E-state index contributed by atoms with van der Waals surface area (Å²) in [6.45, 7) is 4.34. The van der Waals surface area contributed by atoms with Crippen molar-refractivity contribution < 1.29 is 24.2 Å². The Hall–Kier alpha value is -3.80. The van der Waals surface area contributed by atoms with Gasteiger partial charge < -0.3 is 14.6 Å². The van der Waals surface area contributed by atoms with Gasteiger partial charge in [-0.05, 0) is 61.6 Å². The Morgan fingerprint density at radius 2 is 0.885 bits per heavy atom. The summed E-state index contributed by atoms with van der Waals surface area (Å²) < 4.78 is 13.0. The third-order valence-electron chi connectivity index (χ3n) is 11.8. The molecule has 1 unspecified atom stereocenters. The first-order valence-electron chi connectivity index (χ1n) is 24.5. The van der Waals surface area contributed by atoms with Gasteiger partial charge in [-0.1, -0.05) is 238 Å². The first-order chi connectivity index (χ1) is 30.0. The van der Waals surface area contributed by atoms with Crippen LogP contribution in [0, 0.1) is 0 Å². The molecule has 0 saturated carbocycles. The van der Waals surface area contributed by atoms with Gasteiger partial charge in [-0.25, -0.2) is 0 Å². The van der Waals surface area contributed by atoms with Crippen LogP contribution in [-0.4, -0.2) is 35.7 Å². The van der Waals surface area contributed by atoms with Crippen molar-refractivity contribution in [1.29, 1.82) is 0 Å². The number of ether oxygens (including phenoxy) is 2. The Balaban J connectivity index is 1.58. The van der Waals surface area contributed by atoms with Crippen LogP contribution < -0.4 is 0 Å². The second kappa shape index (κ2) is 33.8. The van der Waals surface area contributed by atoms with Gasteiger partial charge >= 0.3 is 5.97 Å². The highest BCUT2D eigenvalue weighted by atomic mass is 16.6. The minimum Gasteiger partial charge on any atom is -0.457 e. The van der Waals surface area contributed by atoms with E-state index < -0.39 is 23.8 Å². The summed E-state index contributed by atoms with van der Waals surface area (Å²) in [5.41, 5.74) is 1.62. The molecule has 0 fully saturated rings. The van der Waals surface area contributed by atoms with E-state index in [0.29, 0.717) is 12.8 Å². The Morgan fingerprint density at radius 1 is 0.508 bits per heavy atom. The fourth-order valence-electron chi connectivity index (χ4n) is 8.15. The molecular weight excluding hydrogens is 753 g/mol. The fourth-order valence-corrected chi connectivity index (χ4v) is 8.15. The number of carbonyl (C=O) groups excluding carboxylic acids is 2. The molecule has 2 atom stereocenters. The van der Waals surface area contributed by atoms with Gasteiger partial charge in [0.2, 0.25) is 0 Å². The average molecular weight is 835 g/mol. The van der Waals surface area contributed by atoms with Crippen molar-refractivity contribution in [3.63, 3.8) is 0 Å². The zero-order valence-corrected chi connectivity index (χ0v) is 38.3. The summed E-state index contributed by atoms with van der Waals surface area (Å²) in [5, 5.41) is 11.6. The molecule has 0 aliphatic rings. The molecule has 0 saturated heterocycles. The molecule has 0 radical (unpaired) electrons. The summed E-state index contributed by atoms with van der Waals surface area (Å²) in [7, 11) is 0. The van der Waals surface area contributed by atoms with Gasteiger partial charge in [-0.2, -0.15) is 0 Å². The van der Waals surface area contributed by atoms with Crippen LogP contribution >= 0.6 is 0 Å². The fraction of sp³-hybridized carbons (Fsp3) is 0.571. The quantitative estimate of drug-likeness (QED) is 0.0271. The monoisotopic (exact) mass is 835 g/mol. The molecule has 5 nitrogen and oxygen atoms in total. The van der Waals surface area contributed by atoms with E-state index in [1.165, 1.54) is 89.9 Å². The van der Waals surface area contributed by atoms with Crippen LogP contribution in [0.25, 0.3) is 0 Å². The number of hydrogen-bond acceptors (Lipinski definition) is 5. The van der Waals surface area contributed by atoms with Crippen molar-refractivity contribution in [1.82, 2.24) is 0 Å². The molecule has 336 valence electrons. The molecule has 61 heavy (non-hydrogen) atoms. The molecule has 0 amide bonds. The van der Waals surface area contributed by atoms with Gasteiger partial charge in [0, 0.05) is 12.8 Å². The maximum absolute atomic E-state index is 13.6. The van der Waals surface area contributed by atoms with E-state index in [2.05, 4.69) is 38.2 Å². The highest BCUT2D eigenvalue weighted by Gasteiger charge is 2.40. The standard InChI is InChI=1S/C56H82O5/c1-3-5-7-9-11-13-15-17-18-20-22-24-26-28-39-47-54(58)61-53(55(59)52(57)46-38-27-25-23-21-19-16-14-12-10-8-6-4-2)48-60-56(49-40-32-29-33-41-49,50-42-34-30-35-43-50)51-44-36-31-37-45-51/h11,13,17-18,29-37,40-45,53,55,59H,3-10,12,14-16,19-28,38-39,46-48H2,1-2H3/b13-11-,18-17-/t53-,55?/m1/s1. The molecule has 3 aromatic rings. The molecule has 3 aromatic carbocycles. The van der Waals surface area contributed by atoms with Crippen LogP contribution in [0.15, 0.2) is 115 Å².